The Balaban J connectivity index is 1.30. The number of carbonyl (C=O) groups is 3. The Kier molecular flexibility index (Phi) is 6.44. The molecule has 6 rings (SSSR count). The summed E-state index contributed by atoms with van der Waals surface area (Å²) in [6.07, 6.45) is 6.33. The van der Waals surface area contributed by atoms with Gasteiger partial charge in [0.15, 0.2) is 0 Å². The van der Waals surface area contributed by atoms with Gasteiger partial charge in [0.25, 0.3) is 0 Å². The molecule has 0 radical (unpaired) electrons. The lowest BCUT2D eigenvalue weighted by atomic mass is 9.44. The molecule has 38 heavy (non-hydrogen) atoms. The molecule has 0 saturated heterocycles. The van der Waals surface area contributed by atoms with E-state index >= 15 is 0 Å². The lowest BCUT2D eigenvalue weighted by Crippen LogP contribution is -2.59. The summed E-state index contributed by atoms with van der Waals surface area (Å²) in [5, 5.41) is 0. The van der Waals surface area contributed by atoms with Gasteiger partial charge in [0.05, 0.1) is 11.1 Å². The lowest BCUT2D eigenvalue weighted by Gasteiger charge is -2.61. The third kappa shape index (κ3) is 4.19. The predicted molar refractivity (Wildman–Crippen MR) is 143 cm³/mol. The molecule has 2 aromatic carbocycles. The zero-order chi connectivity index (χ0) is 26.5. The van der Waals surface area contributed by atoms with E-state index in [2.05, 4.69) is 13.8 Å². The summed E-state index contributed by atoms with van der Waals surface area (Å²) in [4.78, 5) is 38.8. The van der Waals surface area contributed by atoms with Gasteiger partial charge >= 0.3 is 11.9 Å². The maximum Gasteiger partial charge on any atom is 0.338 e. The van der Waals surface area contributed by atoms with Gasteiger partial charge in [0, 0.05) is 24.2 Å². The van der Waals surface area contributed by atoms with Gasteiger partial charge in [-0.25, -0.2) is 9.59 Å². The molecule has 0 amide bonds. The molecule has 0 aromatic heterocycles. The van der Waals surface area contributed by atoms with Crippen LogP contribution in [0.25, 0.3) is 0 Å². The van der Waals surface area contributed by atoms with E-state index < -0.39 is 0 Å². The number of hydrogen-bond acceptors (Lipinski definition) is 5. The van der Waals surface area contributed by atoms with Gasteiger partial charge in [-0.1, -0.05) is 50.2 Å². The first-order valence-electron chi connectivity index (χ1n) is 14.3. The fraction of sp³-hybridized carbons (Fsp3) is 0.545. The molecule has 4 aliphatic rings. The first-order chi connectivity index (χ1) is 18.3. The summed E-state index contributed by atoms with van der Waals surface area (Å²) in [6, 6.07) is 18.5. The quantitative estimate of drug-likeness (QED) is 0.427. The molecule has 0 aliphatic heterocycles. The molecule has 0 N–H and O–H groups in total. The van der Waals surface area contributed by atoms with Crippen LogP contribution in [-0.2, 0) is 14.3 Å². The smallest absolute Gasteiger partial charge is 0.338 e. The molecule has 0 heterocycles. The molecule has 0 spiro atoms. The number of carbonyl (C=O) groups excluding carboxylic acids is 3. The van der Waals surface area contributed by atoms with E-state index in [4.69, 9.17) is 9.47 Å². The molecule has 4 aliphatic carbocycles. The van der Waals surface area contributed by atoms with E-state index in [0.29, 0.717) is 41.6 Å². The van der Waals surface area contributed by atoms with Crippen molar-refractivity contribution < 1.29 is 23.9 Å². The van der Waals surface area contributed by atoms with Crippen molar-refractivity contribution in [3.05, 3.63) is 71.8 Å². The van der Waals surface area contributed by atoms with E-state index in [1.165, 1.54) is 0 Å². The van der Waals surface area contributed by atoms with Crippen LogP contribution in [0.4, 0.5) is 0 Å². The monoisotopic (exact) mass is 514 g/mol. The highest BCUT2D eigenvalue weighted by Crippen LogP contribution is 2.66. The van der Waals surface area contributed by atoms with Crippen LogP contribution in [0.15, 0.2) is 60.7 Å². The highest BCUT2D eigenvalue weighted by atomic mass is 16.5. The lowest BCUT2D eigenvalue weighted by molar-refractivity contribution is -0.172. The average Bonchev–Trinajstić information content (AvgIpc) is 3.26. The van der Waals surface area contributed by atoms with Crippen LogP contribution in [0.5, 0.6) is 0 Å². The first-order valence-corrected chi connectivity index (χ1v) is 14.3. The zero-order valence-electron chi connectivity index (χ0n) is 22.4. The summed E-state index contributed by atoms with van der Waals surface area (Å²) < 4.78 is 12.5. The number of ketones is 1. The van der Waals surface area contributed by atoms with Crippen molar-refractivity contribution in [3.8, 4) is 0 Å². The Morgan fingerprint density at radius 3 is 2.03 bits per heavy atom. The van der Waals surface area contributed by atoms with Crippen LogP contribution in [0.1, 0.15) is 85.9 Å². The number of benzene rings is 2. The summed E-state index contributed by atoms with van der Waals surface area (Å²) in [7, 11) is 0. The van der Waals surface area contributed by atoms with Crippen LogP contribution >= 0.6 is 0 Å². The highest BCUT2D eigenvalue weighted by molar-refractivity contribution is 5.90. The SMILES string of the molecule is C[C@]12CCC(=O)CC1CC(OC(=O)c1ccccc1)[C@@H]1[C@H]2CC[C@]2(C)C(OC(=O)c3ccccc3)CC[C@@H]12. The molecule has 4 saturated carbocycles. The molecule has 4 fully saturated rings. The van der Waals surface area contributed by atoms with Crippen LogP contribution in [0.3, 0.4) is 0 Å². The Bertz CT molecular complexity index is 1210. The Morgan fingerprint density at radius 2 is 1.37 bits per heavy atom. The predicted octanol–water partition coefficient (Wildman–Crippen LogP) is 6.66. The molecular weight excluding hydrogens is 476 g/mol. The second kappa shape index (κ2) is 9.66. The molecule has 0 bridgehead atoms. The van der Waals surface area contributed by atoms with Gasteiger partial charge in [0.2, 0.25) is 0 Å². The molecule has 8 atom stereocenters. The van der Waals surface area contributed by atoms with E-state index in [-0.39, 0.29) is 46.8 Å². The maximum absolute atomic E-state index is 13.3. The van der Waals surface area contributed by atoms with Crippen molar-refractivity contribution in [2.75, 3.05) is 0 Å². The zero-order valence-corrected chi connectivity index (χ0v) is 22.4. The number of rotatable bonds is 4. The van der Waals surface area contributed by atoms with Gasteiger partial charge in [-0.2, -0.15) is 0 Å². The Labute approximate surface area is 225 Å². The summed E-state index contributed by atoms with van der Waals surface area (Å²) in [6.45, 7) is 4.68. The van der Waals surface area contributed by atoms with E-state index in [9.17, 15) is 14.4 Å². The minimum absolute atomic E-state index is 0.0777. The van der Waals surface area contributed by atoms with E-state index in [1.807, 2.05) is 36.4 Å². The largest absolute Gasteiger partial charge is 0.458 e. The molecule has 3 unspecified atom stereocenters. The number of ether oxygens (including phenoxy) is 2. The highest BCUT2D eigenvalue weighted by Gasteiger charge is 2.64. The van der Waals surface area contributed by atoms with Gasteiger partial charge in [-0.15, -0.1) is 0 Å². The first kappa shape index (κ1) is 25.3. The summed E-state index contributed by atoms with van der Waals surface area (Å²) in [5.74, 6) is 0.953. The third-order valence-corrected chi connectivity index (χ3v) is 10.9. The van der Waals surface area contributed by atoms with Crippen molar-refractivity contribution in [2.45, 2.75) is 77.4 Å². The van der Waals surface area contributed by atoms with Gasteiger partial charge in [-0.3, -0.25) is 4.79 Å². The van der Waals surface area contributed by atoms with Crippen molar-refractivity contribution in [1.82, 2.24) is 0 Å². The molecule has 5 nitrogen and oxygen atoms in total. The van der Waals surface area contributed by atoms with Gasteiger partial charge in [0.1, 0.15) is 18.0 Å². The Hall–Kier alpha value is -2.95. The van der Waals surface area contributed by atoms with E-state index in [1.54, 1.807) is 24.3 Å². The normalized spacial score (nSPS) is 37.9. The fourth-order valence-electron chi connectivity index (χ4n) is 8.81. The second-order valence-electron chi connectivity index (χ2n) is 12.7. The molecule has 200 valence electrons. The van der Waals surface area contributed by atoms with E-state index in [0.717, 1.165) is 38.5 Å². The van der Waals surface area contributed by atoms with Gasteiger partial charge in [-0.05, 0) is 86.0 Å². The molecular formula is C33H38O5. The van der Waals surface area contributed by atoms with Crippen LogP contribution in [-0.4, -0.2) is 29.9 Å². The topological polar surface area (TPSA) is 69.7 Å². The summed E-state index contributed by atoms with van der Waals surface area (Å²) >= 11 is 0. The number of hydrogen-bond donors (Lipinski definition) is 0. The summed E-state index contributed by atoms with van der Waals surface area (Å²) in [5.41, 5.74) is 1.07. The van der Waals surface area contributed by atoms with Crippen molar-refractivity contribution in [2.24, 2.45) is 34.5 Å². The minimum atomic E-state index is -0.280. The van der Waals surface area contributed by atoms with Crippen molar-refractivity contribution >= 4 is 17.7 Å². The second-order valence-corrected chi connectivity index (χ2v) is 12.7. The van der Waals surface area contributed by atoms with Crippen LogP contribution < -0.4 is 0 Å². The van der Waals surface area contributed by atoms with Gasteiger partial charge < -0.3 is 9.47 Å². The van der Waals surface area contributed by atoms with Crippen molar-refractivity contribution in [3.63, 3.8) is 0 Å². The number of fused-ring (bicyclic) bond motifs is 5. The van der Waals surface area contributed by atoms with Crippen LogP contribution in [0.2, 0.25) is 0 Å². The third-order valence-electron chi connectivity index (χ3n) is 10.9. The number of Topliss-reactive ketones (excluding diaryl/α,β-unsaturated/α-hetero) is 1. The molecule has 5 heteroatoms. The minimum Gasteiger partial charge on any atom is -0.458 e. The standard InChI is InChI=1S/C33H38O5/c1-32-17-15-24(34)19-23(32)20-27(37-30(35)21-9-5-3-6-10-21)29-25-13-14-28(33(25,2)18-16-26(29)32)38-31(36)22-11-7-4-8-12-22/h3-12,23,25-29H,13-20H2,1-2H3/t23?,25-,26+,27?,28?,29-,32-,33-/m0/s1. The van der Waals surface area contributed by atoms with Crippen molar-refractivity contribution in [1.29, 1.82) is 0 Å². The number of esters is 2. The average molecular weight is 515 g/mol. The maximum atomic E-state index is 13.3. The Morgan fingerprint density at radius 1 is 0.763 bits per heavy atom. The van der Waals surface area contributed by atoms with Crippen LogP contribution in [0, 0.1) is 34.5 Å². The molecule has 2 aromatic rings. The fourth-order valence-corrected chi connectivity index (χ4v) is 8.81.